The van der Waals surface area contributed by atoms with Gasteiger partial charge in [-0.15, -0.1) is 0 Å². The first-order chi connectivity index (χ1) is 4.22. The van der Waals surface area contributed by atoms with Gasteiger partial charge in [-0.2, -0.15) is 0 Å². The molecular formula is C6H10NO2. The molecule has 0 spiro atoms. The highest BCUT2D eigenvalue weighted by Crippen LogP contribution is 2.14. The van der Waals surface area contributed by atoms with Crippen molar-refractivity contribution < 1.29 is 9.90 Å². The monoisotopic (exact) mass is 128 g/mol. The molecule has 0 aromatic carbocycles. The van der Waals surface area contributed by atoms with E-state index in [-0.39, 0.29) is 6.04 Å². The van der Waals surface area contributed by atoms with Crippen molar-refractivity contribution >= 4 is 5.97 Å². The molecule has 0 saturated carbocycles. The first-order valence-corrected chi connectivity index (χ1v) is 3.02. The van der Waals surface area contributed by atoms with Crippen molar-refractivity contribution in [3.63, 3.8) is 0 Å². The number of hydrogen-bond donors (Lipinski definition) is 1. The smallest absolute Gasteiger partial charge is 0.320 e. The zero-order chi connectivity index (χ0) is 6.85. The number of nitrogens with zero attached hydrogens (tertiary/aromatic N) is 1. The van der Waals surface area contributed by atoms with E-state index in [0.29, 0.717) is 0 Å². The third kappa shape index (κ3) is 1.21. The molecule has 1 saturated heterocycles. The van der Waals surface area contributed by atoms with Crippen molar-refractivity contribution in [3.05, 3.63) is 7.05 Å². The van der Waals surface area contributed by atoms with Crippen LogP contribution in [0.3, 0.4) is 0 Å². The van der Waals surface area contributed by atoms with E-state index < -0.39 is 5.97 Å². The van der Waals surface area contributed by atoms with Crippen LogP contribution in [0.2, 0.25) is 0 Å². The predicted octanol–water partition coefficient (Wildman–Crippen LogP) is 0.327. The number of hydrogen-bond acceptors (Lipinski definition) is 2. The van der Waals surface area contributed by atoms with Crippen LogP contribution in [0.25, 0.3) is 0 Å². The van der Waals surface area contributed by atoms with E-state index in [1.54, 1.807) is 4.90 Å². The molecule has 9 heavy (non-hydrogen) atoms. The van der Waals surface area contributed by atoms with E-state index in [9.17, 15) is 4.79 Å². The van der Waals surface area contributed by atoms with Crippen LogP contribution in [0, 0.1) is 7.05 Å². The summed E-state index contributed by atoms with van der Waals surface area (Å²) in [6, 6.07) is -0.329. The summed E-state index contributed by atoms with van der Waals surface area (Å²) in [6.07, 6.45) is 1.71. The molecule has 3 heteroatoms. The van der Waals surface area contributed by atoms with Gasteiger partial charge in [-0.1, -0.05) is 0 Å². The highest BCUT2D eigenvalue weighted by molar-refractivity contribution is 5.73. The summed E-state index contributed by atoms with van der Waals surface area (Å²) < 4.78 is 0. The minimum absolute atomic E-state index is 0.329. The van der Waals surface area contributed by atoms with Gasteiger partial charge in [0.15, 0.2) is 0 Å². The molecule has 0 amide bonds. The van der Waals surface area contributed by atoms with Crippen molar-refractivity contribution in [1.82, 2.24) is 4.90 Å². The number of rotatable bonds is 1. The summed E-state index contributed by atoms with van der Waals surface area (Å²) in [5, 5.41) is 8.50. The first kappa shape index (κ1) is 6.55. The predicted molar refractivity (Wildman–Crippen MR) is 32.7 cm³/mol. The summed E-state index contributed by atoms with van der Waals surface area (Å²) >= 11 is 0. The molecule has 51 valence electrons. The number of carbonyl (C=O) groups is 1. The number of aliphatic carboxylic acids is 1. The van der Waals surface area contributed by atoms with Gasteiger partial charge in [-0.05, 0) is 19.4 Å². The lowest BCUT2D eigenvalue weighted by Crippen LogP contribution is -2.30. The Bertz CT molecular complexity index is 124. The van der Waals surface area contributed by atoms with Crippen LogP contribution in [0.1, 0.15) is 12.8 Å². The molecule has 1 aliphatic heterocycles. The van der Waals surface area contributed by atoms with Crippen LogP contribution < -0.4 is 0 Å². The molecule has 1 fully saturated rings. The number of likely N-dealkylation sites (tertiary alicyclic amines) is 1. The lowest BCUT2D eigenvalue weighted by atomic mass is 10.2. The van der Waals surface area contributed by atoms with Gasteiger partial charge in [0.2, 0.25) is 0 Å². The van der Waals surface area contributed by atoms with Crippen LogP contribution in [0.15, 0.2) is 0 Å². The molecule has 1 aliphatic rings. The van der Waals surface area contributed by atoms with E-state index in [0.717, 1.165) is 19.4 Å². The topological polar surface area (TPSA) is 40.5 Å². The zero-order valence-electron chi connectivity index (χ0n) is 5.21. The second kappa shape index (κ2) is 2.35. The molecule has 1 atom stereocenters. The average molecular weight is 128 g/mol. The average Bonchev–Trinajstić information content (AvgIpc) is 2.13. The lowest BCUT2D eigenvalue weighted by Gasteiger charge is -2.12. The number of carboxylic acid groups (broad SMARTS) is 1. The summed E-state index contributed by atoms with van der Waals surface area (Å²) in [6.45, 7) is 0.816. The maximum absolute atomic E-state index is 10.3. The van der Waals surface area contributed by atoms with Crippen LogP contribution in [0.5, 0.6) is 0 Å². The molecule has 0 aromatic heterocycles. The Morgan fingerprint density at radius 2 is 2.44 bits per heavy atom. The van der Waals surface area contributed by atoms with Crippen LogP contribution in [0.4, 0.5) is 0 Å². The zero-order valence-corrected chi connectivity index (χ0v) is 5.21. The number of carboxylic acids is 1. The minimum atomic E-state index is -0.748. The Labute approximate surface area is 54.3 Å². The molecule has 1 rings (SSSR count). The molecular weight excluding hydrogens is 118 g/mol. The maximum atomic E-state index is 10.3. The molecule has 1 N–H and O–H groups in total. The van der Waals surface area contributed by atoms with Crippen molar-refractivity contribution in [2.24, 2.45) is 0 Å². The van der Waals surface area contributed by atoms with E-state index in [1.165, 1.54) is 0 Å². The van der Waals surface area contributed by atoms with E-state index >= 15 is 0 Å². The fourth-order valence-corrected chi connectivity index (χ4v) is 1.11. The fourth-order valence-electron chi connectivity index (χ4n) is 1.11. The highest BCUT2D eigenvalue weighted by atomic mass is 16.4. The minimum Gasteiger partial charge on any atom is -0.480 e. The van der Waals surface area contributed by atoms with E-state index in [4.69, 9.17) is 5.11 Å². The van der Waals surface area contributed by atoms with Crippen LogP contribution in [-0.2, 0) is 4.79 Å². The third-order valence-corrected chi connectivity index (χ3v) is 1.65. The Morgan fingerprint density at radius 3 is 2.67 bits per heavy atom. The van der Waals surface area contributed by atoms with Crippen molar-refractivity contribution in [1.29, 1.82) is 0 Å². The molecule has 0 aromatic rings. The Hall–Kier alpha value is -0.570. The maximum Gasteiger partial charge on any atom is 0.320 e. The van der Waals surface area contributed by atoms with Crippen molar-refractivity contribution in [2.45, 2.75) is 18.9 Å². The summed E-state index contributed by atoms with van der Waals surface area (Å²) in [7, 11) is 3.59. The normalized spacial score (nSPS) is 28.8. The second-order valence-corrected chi connectivity index (χ2v) is 2.31. The lowest BCUT2D eigenvalue weighted by molar-refractivity contribution is -0.141. The van der Waals surface area contributed by atoms with E-state index in [2.05, 4.69) is 7.05 Å². The van der Waals surface area contributed by atoms with Gasteiger partial charge in [0, 0.05) is 7.05 Å². The molecule has 0 aliphatic carbocycles. The fraction of sp³-hybridized carbons (Fsp3) is 0.667. The summed E-state index contributed by atoms with van der Waals surface area (Å²) in [4.78, 5) is 12.0. The highest BCUT2D eigenvalue weighted by Gasteiger charge is 2.26. The quantitative estimate of drug-likeness (QED) is 0.553. The van der Waals surface area contributed by atoms with Gasteiger partial charge in [0.05, 0.1) is 0 Å². The van der Waals surface area contributed by atoms with Gasteiger partial charge in [0.25, 0.3) is 0 Å². The summed E-state index contributed by atoms with van der Waals surface area (Å²) in [5.74, 6) is -0.748. The Morgan fingerprint density at radius 1 is 1.78 bits per heavy atom. The van der Waals surface area contributed by atoms with Gasteiger partial charge < -0.3 is 5.11 Å². The van der Waals surface area contributed by atoms with Gasteiger partial charge in [-0.3, -0.25) is 9.69 Å². The standard InChI is InChI=1S/C6H10NO2/c1-7-4-2-3-5(7)6(8)9/h5H,1-4H2,(H,8,9). The SMILES string of the molecule is [CH2]N1CCCC1C(=O)O. The van der Waals surface area contributed by atoms with Gasteiger partial charge >= 0.3 is 5.97 Å². The Kier molecular flexibility index (Phi) is 1.71. The second-order valence-electron chi connectivity index (χ2n) is 2.31. The van der Waals surface area contributed by atoms with Crippen LogP contribution >= 0.6 is 0 Å². The largest absolute Gasteiger partial charge is 0.480 e. The van der Waals surface area contributed by atoms with Crippen LogP contribution in [-0.4, -0.2) is 28.6 Å². The van der Waals surface area contributed by atoms with Gasteiger partial charge in [-0.25, -0.2) is 0 Å². The molecule has 3 nitrogen and oxygen atoms in total. The first-order valence-electron chi connectivity index (χ1n) is 3.02. The third-order valence-electron chi connectivity index (χ3n) is 1.65. The van der Waals surface area contributed by atoms with Gasteiger partial charge in [0.1, 0.15) is 6.04 Å². The molecule has 1 heterocycles. The van der Waals surface area contributed by atoms with Crippen molar-refractivity contribution in [3.8, 4) is 0 Å². The Balaban J connectivity index is 2.49. The van der Waals surface area contributed by atoms with E-state index in [1.807, 2.05) is 0 Å². The molecule has 0 bridgehead atoms. The molecule has 1 radical (unpaired) electrons. The molecule has 1 unspecified atom stereocenters. The summed E-state index contributed by atoms with van der Waals surface area (Å²) in [5.41, 5.74) is 0. The van der Waals surface area contributed by atoms with Crippen molar-refractivity contribution in [2.75, 3.05) is 6.54 Å².